The number of sulfonamides is 1. The fourth-order valence-electron chi connectivity index (χ4n) is 3.62. The van der Waals surface area contributed by atoms with Crippen molar-refractivity contribution in [2.45, 2.75) is 31.2 Å². The smallest absolute Gasteiger partial charge is 0.243 e. The SMILES string of the molecule is COc1ccc(S(=O)(=O)N2CCCC(C(=O)N(C)Cc3ccc(C)cc3)C2)cc1. The van der Waals surface area contributed by atoms with Gasteiger partial charge in [0.25, 0.3) is 0 Å². The highest BCUT2D eigenvalue weighted by Gasteiger charge is 2.34. The summed E-state index contributed by atoms with van der Waals surface area (Å²) in [4.78, 5) is 14.9. The van der Waals surface area contributed by atoms with Crippen molar-refractivity contribution in [2.75, 3.05) is 27.2 Å². The van der Waals surface area contributed by atoms with Crippen LogP contribution in [-0.2, 0) is 21.4 Å². The number of carbonyl (C=O) groups is 1. The summed E-state index contributed by atoms with van der Waals surface area (Å²) >= 11 is 0. The summed E-state index contributed by atoms with van der Waals surface area (Å²) in [7, 11) is -0.320. The minimum Gasteiger partial charge on any atom is -0.497 e. The van der Waals surface area contributed by atoms with E-state index in [1.54, 1.807) is 36.2 Å². The molecule has 1 heterocycles. The van der Waals surface area contributed by atoms with Gasteiger partial charge in [-0.1, -0.05) is 29.8 Å². The van der Waals surface area contributed by atoms with E-state index < -0.39 is 10.0 Å². The first kappa shape index (κ1) is 21.3. The monoisotopic (exact) mass is 416 g/mol. The van der Waals surface area contributed by atoms with Crippen LogP contribution in [0.3, 0.4) is 0 Å². The van der Waals surface area contributed by atoms with Gasteiger partial charge in [-0.3, -0.25) is 4.79 Å². The fraction of sp³-hybridized carbons (Fsp3) is 0.409. The van der Waals surface area contributed by atoms with Crippen LogP contribution >= 0.6 is 0 Å². The van der Waals surface area contributed by atoms with Crippen LogP contribution in [0.15, 0.2) is 53.4 Å². The van der Waals surface area contributed by atoms with E-state index in [0.717, 1.165) is 5.56 Å². The van der Waals surface area contributed by atoms with Gasteiger partial charge in [-0.2, -0.15) is 4.31 Å². The van der Waals surface area contributed by atoms with E-state index in [9.17, 15) is 13.2 Å². The maximum atomic E-state index is 13.0. The third kappa shape index (κ3) is 4.97. The highest BCUT2D eigenvalue weighted by Crippen LogP contribution is 2.26. The van der Waals surface area contributed by atoms with E-state index in [2.05, 4.69) is 0 Å². The van der Waals surface area contributed by atoms with Crippen molar-refractivity contribution in [3.8, 4) is 5.75 Å². The lowest BCUT2D eigenvalue weighted by molar-refractivity contribution is -0.135. The predicted octanol–water partition coefficient (Wildman–Crippen LogP) is 3.06. The number of carbonyl (C=O) groups excluding carboxylic acids is 1. The molecule has 2 aromatic rings. The van der Waals surface area contributed by atoms with Gasteiger partial charge in [0.1, 0.15) is 5.75 Å². The molecule has 3 rings (SSSR count). The summed E-state index contributed by atoms with van der Waals surface area (Å²) in [5.41, 5.74) is 2.24. The molecule has 0 saturated carbocycles. The van der Waals surface area contributed by atoms with E-state index in [4.69, 9.17) is 4.74 Å². The van der Waals surface area contributed by atoms with Crippen molar-refractivity contribution in [1.82, 2.24) is 9.21 Å². The van der Waals surface area contributed by atoms with Gasteiger partial charge in [0.2, 0.25) is 15.9 Å². The van der Waals surface area contributed by atoms with Gasteiger partial charge in [0, 0.05) is 26.7 Å². The molecule has 0 aromatic heterocycles. The van der Waals surface area contributed by atoms with Crippen molar-refractivity contribution < 1.29 is 17.9 Å². The van der Waals surface area contributed by atoms with Crippen LogP contribution in [0.2, 0.25) is 0 Å². The Hall–Kier alpha value is -2.38. The van der Waals surface area contributed by atoms with Gasteiger partial charge in [0.15, 0.2) is 0 Å². The van der Waals surface area contributed by atoms with Crippen LogP contribution in [0.1, 0.15) is 24.0 Å². The lowest BCUT2D eigenvalue weighted by Gasteiger charge is -2.33. The third-order valence-corrected chi connectivity index (χ3v) is 7.23. The Morgan fingerprint density at radius 1 is 1.14 bits per heavy atom. The summed E-state index contributed by atoms with van der Waals surface area (Å²) in [6.45, 7) is 3.19. The van der Waals surface area contributed by atoms with Gasteiger partial charge in [-0.25, -0.2) is 8.42 Å². The van der Waals surface area contributed by atoms with Crippen molar-refractivity contribution in [3.63, 3.8) is 0 Å². The lowest BCUT2D eigenvalue weighted by atomic mass is 9.98. The van der Waals surface area contributed by atoms with Gasteiger partial charge >= 0.3 is 0 Å². The second-order valence-corrected chi connectivity index (χ2v) is 9.50. The number of methoxy groups -OCH3 is 1. The van der Waals surface area contributed by atoms with Crippen molar-refractivity contribution in [3.05, 3.63) is 59.7 Å². The second-order valence-electron chi connectivity index (χ2n) is 7.56. The molecule has 1 saturated heterocycles. The molecular weight excluding hydrogens is 388 g/mol. The molecule has 1 aliphatic rings. The Morgan fingerprint density at radius 2 is 1.79 bits per heavy atom. The normalized spacial score (nSPS) is 17.7. The van der Waals surface area contributed by atoms with Crippen molar-refractivity contribution in [2.24, 2.45) is 5.92 Å². The van der Waals surface area contributed by atoms with Gasteiger partial charge in [-0.05, 0) is 49.6 Å². The predicted molar refractivity (Wildman–Crippen MR) is 112 cm³/mol. The number of amides is 1. The van der Waals surface area contributed by atoms with Crippen LogP contribution in [0.4, 0.5) is 0 Å². The maximum Gasteiger partial charge on any atom is 0.243 e. The van der Waals surface area contributed by atoms with Gasteiger partial charge < -0.3 is 9.64 Å². The third-order valence-electron chi connectivity index (χ3n) is 5.35. The zero-order valence-electron chi connectivity index (χ0n) is 17.2. The van der Waals surface area contributed by atoms with E-state index in [1.165, 1.54) is 17.0 Å². The molecule has 0 radical (unpaired) electrons. The number of hydrogen-bond acceptors (Lipinski definition) is 4. The van der Waals surface area contributed by atoms with Crippen LogP contribution in [0, 0.1) is 12.8 Å². The molecule has 6 nitrogen and oxygen atoms in total. The molecule has 1 atom stereocenters. The molecule has 29 heavy (non-hydrogen) atoms. The van der Waals surface area contributed by atoms with Crippen molar-refractivity contribution in [1.29, 1.82) is 0 Å². The molecule has 156 valence electrons. The number of piperidine rings is 1. The first-order chi connectivity index (χ1) is 13.8. The van der Waals surface area contributed by atoms with Gasteiger partial charge in [0.05, 0.1) is 17.9 Å². The van der Waals surface area contributed by atoms with Crippen LogP contribution in [0.25, 0.3) is 0 Å². The van der Waals surface area contributed by atoms with Crippen LogP contribution < -0.4 is 4.74 Å². The number of rotatable bonds is 6. The zero-order valence-corrected chi connectivity index (χ0v) is 18.0. The zero-order chi connectivity index (χ0) is 21.0. The summed E-state index contributed by atoms with van der Waals surface area (Å²) in [6, 6.07) is 14.4. The molecule has 0 bridgehead atoms. The summed E-state index contributed by atoms with van der Waals surface area (Å²) in [5.74, 6) is 0.265. The molecule has 0 N–H and O–H groups in total. The topological polar surface area (TPSA) is 66.9 Å². The molecular formula is C22H28N2O4S. The molecule has 1 fully saturated rings. The number of hydrogen-bond donors (Lipinski definition) is 0. The summed E-state index contributed by atoms with van der Waals surface area (Å²) in [5, 5.41) is 0. The summed E-state index contributed by atoms with van der Waals surface area (Å²) < 4.78 is 32.5. The largest absolute Gasteiger partial charge is 0.497 e. The van der Waals surface area contributed by atoms with Gasteiger partial charge in [-0.15, -0.1) is 0 Å². The highest BCUT2D eigenvalue weighted by atomic mass is 32.2. The van der Waals surface area contributed by atoms with Crippen molar-refractivity contribution >= 4 is 15.9 Å². The Bertz CT molecular complexity index is 940. The Labute approximate surface area is 173 Å². The molecule has 0 aliphatic carbocycles. The average Bonchev–Trinajstić information content (AvgIpc) is 2.75. The molecule has 1 unspecified atom stereocenters. The summed E-state index contributed by atoms with van der Waals surface area (Å²) in [6.07, 6.45) is 1.37. The number of aryl methyl sites for hydroxylation is 1. The number of nitrogens with zero attached hydrogens (tertiary/aromatic N) is 2. The minimum atomic E-state index is -3.64. The second kappa shape index (κ2) is 8.97. The number of ether oxygens (including phenoxy) is 1. The quantitative estimate of drug-likeness (QED) is 0.726. The minimum absolute atomic E-state index is 0.0137. The molecule has 2 aromatic carbocycles. The Kier molecular flexibility index (Phi) is 6.59. The van der Waals surface area contributed by atoms with E-state index in [1.807, 2.05) is 31.2 Å². The average molecular weight is 417 g/mol. The molecule has 0 spiro atoms. The molecule has 1 aliphatic heterocycles. The van der Waals surface area contributed by atoms with E-state index >= 15 is 0 Å². The van der Waals surface area contributed by atoms with E-state index in [0.29, 0.717) is 31.7 Å². The Balaban J connectivity index is 1.68. The first-order valence-electron chi connectivity index (χ1n) is 9.76. The van der Waals surface area contributed by atoms with E-state index in [-0.39, 0.29) is 23.3 Å². The standard InChI is InChI=1S/C22H28N2O4S/c1-17-6-8-18(9-7-17)15-23(2)22(25)19-5-4-14-24(16-19)29(26,27)21-12-10-20(28-3)11-13-21/h6-13,19H,4-5,14-16H2,1-3H3. The fourth-order valence-corrected chi connectivity index (χ4v) is 5.14. The number of benzene rings is 2. The Morgan fingerprint density at radius 3 is 2.41 bits per heavy atom. The maximum absolute atomic E-state index is 13.0. The van der Waals surface area contributed by atoms with Crippen LogP contribution in [0.5, 0.6) is 5.75 Å². The van der Waals surface area contributed by atoms with Crippen LogP contribution in [-0.4, -0.2) is 50.8 Å². The molecule has 7 heteroatoms. The first-order valence-corrected chi connectivity index (χ1v) is 11.2. The molecule has 1 amide bonds. The highest BCUT2D eigenvalue weighted by molar-refractivity contribution is 7.89. The lowest BCUT2D eigenvalue weighted by Crippen LogP contribution is -2.45.